The summed E-state index contributed by atoms with van der Waals surface area (Å²) in [5, 5.41) is 9.05. The lowest BCUT2D eigenvalue weighted by molar-refractivity contribution is 0.608. The van der Waals surface area contributed by atoms with Gasteiger partial charge >= 0.3 is 0 Å². The van der Waals surface area contributed by atoms with Crippen molar-refractivity contribution in [1.29, 1.82) is 5.26 Å². The minimum Gasteiger partial charge on any atom is -0.207 e. The zero-order valence-corrected chi connectivity index (χ0v) is 10.0. The molecule has 74 valence electrons. The fourth-order valence-electron chi connectivity index (χ4n) is 1.07. The molecule has 1 aromatic carbocycles. The van der Waals surface area contributed by atoms with Crippen LogP contribution in [0.3, 0.4) is 0 Å². The van der Waals surface area contributed by atoms with Crippen LogP contribution in [0.25, 0.3) is 0 Å². The third kappa shape index (κ3) is 2.27. The van der Waals surface area contributed by atoms with Crippen LogP contribution >= 0.6 is 26.6 Å². The van der Waals surface area contributed by atoms with Gasteiger partial charge in [-0.15, -0.1) is 0 Å². The van der Waals surface area contributed by atoms with Crippen LogP contribution in [0.15, 0.2) is 23.1 Å². The molecule has 0 aromatic heterocycles. The van der Waals surface area contributed by atoms with Crippen molar-refractivity contribution in [2.24, 2.45) is 0 Å². The Labute approximate surface area is 94.9 Å². The highest BCUT2D eigenvalue weighted by molar-refractivity contribution is 9.08. The molecule has 6 heteroatoms. The summed E-state index contributed by atoms with van der Waals surface area (Å²) in [5.74, 6) is 0. The first-order chi connectivity index (χ1) is 6.50. The van der Waals surface area contributed by atoms with E-state index in [1.807, 2.05) is 0 Å². The molecule has 0 saturated heterocycles. The van der Waals surface area contributed by atoms with Crippen LogP contribution < -0.4 is 0 Å². The van der Waals surface area contributed by atoms with Crippen molar-refractivity contribution in [3.63, 3.8) is 0 Å². The van der Waals surface area contributed by atoms with E-state index in [9.17, 15) is 8.42 Å². The molecule has 1 rings (SSSR count). The molecule has 14 heavy (non-hydrogen) atoms. The Bertz CT molecular complexity index is 493. The molecule has 0 saturated carbocycles. The lowest BCUT2D eigenvalue weighted by atomic mass is 10.1. The summed E-state index contributed by atoms with van der Waals surface area (Å²) >= 11 is 3.13. The van der Waals surface area contributed by atoms with E-state index in [1.165, 1.54) is 6.07 Å². The van der Waals surface area contributed by atoms with Crippen LogP contribution in [-0.2, 0) is 14.4 Å². The highest BCUT2D eigenvalue weighted by atomic mass is 79.9. The normalized spacial score (nSPS) is 10.9. The zero-order valence-electron chi connectivity index (χ0n) is 6.87. The second-order valence-electron chi connectivity index (χ2n) is 2.48. The highest BCUT2D eigenvalue weighted by Gasteiger charge is 2.19. The molecule has 0 amide bonds. The van der Waals surface area contributed by atoms with Crippen molar-refractivity contribution in [1.82, 2.24) is 0 Å². The zero-order chi connectivity index (χ0) is 10.8. The summed E-state index contributed by atoms with van der Waals surface area (Å²) in [6.45, 7) is 0. The molecule has 0 atom stereocenters. The van der Waals surface area contributed by atoms with Crippen LogP contribution in [0.2, 0.25) is 0 Å². The van der Waals surface area contributed by atoms with Gasteiger partial charge in [-0.25, -0.2) is 8.42 Å². The van der Waals surface area contributed by atoms with Crippen LogP contribution in [0.1, 0.15) is 11.1 Å². The molecule has 0 aliphatic carbocycles. The van der Waals surface area contributed by atoms with E-state index in [0.717, 1.165) is 0 Å². The maximum absolute atomic E-state index is 11.2. The molecule has 3 nitrogen and oxygen atoms in total. The summed E-state index contributed by atoms with van der Waals surface area (Å²) in [5.41, 5.74) is 0.552. The maximum Gasteiger partial charge on any atom is 0.262 e. The Balaban J connectivity index is 3.61. The molecule has 0 radical (unpaired) electrons. The number of nitrogens with zero attached hydrogens (tertiary/aromatic N) is 1. The molecule has 0 aliphatic heterocycles. The average molecular weight is 295 g/mol. The minimum atomic E-state index is -3.87. The number of rotatable bonds is 2. The van der Waals surface area contributed by atoms with Crippen molar-refractivity contribution in [2.75, 3.05) is 0 Å². The number of hydrogen-bond acceptors (Lipinski definition) is 3. The number of hydrogen-bond donors (Lipinski definition) is 0. The summed E-state index contributed by atoms with van der Waals surface area (Å²) in [7, 11) is 1.36. The van der Waals surface area contributed by atoms with Gasteiger partial charge in [-0.05, 0) is 11.6 Å². The monoisotopic (exact) mass is 293 g/mol. The molecule has 1 aromatic rings. The van der Waals surface area contributed by atoms with E-state index < -0.39 is 9.05 Å². The second-order valence-corrected chi connectivity index (χ2v) is 5.54. The van der Waals surface area contributed by atoms with Crippen molar-refractivity contribution in [3.05, 3.63) is 29.3 Å². The topological polar surface area (TPSA) is 57.9 Å². The van der Waals surface area contributed by atoms with Gasteiger partial charge < -0.3 is 0 Å². The van der Waals surface area contributed by atoms with Gasteiger partial charge in [0.1, 0.15) is 11.0 Å². The van der Waals surface area contributed by atoms with Gasteiger partial charge in [0.15, 0.2) is 0 Å². The maximum atomic E-state index is 11.2. The molecule has 0 spiro atoms. The molecule has 0 N–H and O–H groups in total. The number of halogens is 2. The number of alkyl halides is 1. The first kappa shape index (κ1) is 11.5. The van der Waals surface area contributed by atoms with Crippen LogP contribution in [-0.4, -0.2) is 8.42 Å². The molecular weight excluding hydrogens is 290 g/mol. The first-order valence-electron chi connectivity index (χ1n) is 3.53. The van der Waals surface area contributed by atoms with Gasteiger partial charge in [0.2, 0.25) is 0 Å². The molecular formula is C8H5BrClNO2S. The van der Waals surface area contributed by atoms with Gasteiger partial charge in [0.05, 0.1) is 5.56 Å². The summed E-state index contributed by atoms with van der Waals surface area (Å²) in [6, 6.07) is 6.42. The van der Waals surface area contributed by atoms with E-state index >= 15 is 0 Å². The van der Waals surface area contributed by atoms with E-state index in [4.69, 9.17) is 15.9 Å². The quantitative estimate of drug-likeness (QED) is 0.621. The standard InChI is InChI=1S/C8H5BrClNO2S/c9-4-6-2-1-3-7(5-11)8(6)14(10,12)13/h1-3H,4H2. The summed E-state index contributed by atoms with van der Waals surface area (Å²) < 4.78 is 22.4. The van der Waals surface area contributed by atoms with Gasteiger partial charge in [0.25, 0.3) is 9.05 Å². The van der Waals surface area contributed by atoms with Crippen LogP contribution in [0.4, 0.5) is 0 Å². The van der Waals surface area contributed by atoms with Crippen molar-refractivity contribution >= 4 is 35.7 Å². The number of nitriles is 1. The lowest BCUT2D eigenvalue weighted by Gasteiger charge is -2.04. The fourth-order valence-corrected chi connectivity index (χ4v) is 3.10. The van der Waals surface area contributed by atoms with Gasteiger partial charge in [-0.2, -0.15) is 5.26 Å². The Hall–Kier alpha value is -0.570. The molecule has 0 fully saturated rings. The third-order valence-electron chi connectivity index (χ3n) is 1.60. The largest absolute Gasteiger partial charge is 0.262 e. The molecule has 0 unspecified atom stereocenters. The minimum absolute atomic E-state index is 0.0666. The first-order valence-corrected chi connectivity index (χ1v) is 6.96. The molecule has 0 aliphatic rings. The summed E-state index contributed by atoms with van der Waals surface area (Å²) in [4.78, 5) is -0.110. The predicted octanol–water partition coefficient (Wildman–Crippen LogP) is 2.38. The van der Waals surface area contributed by atoms with Crippen molar-refractivity contribution < 1.29 is 8.42 Å². The smallest absolute Gasteiger partial charge is 0.207 e. The van der Waals surface area contributed by atoms with E-state index in [-0.39, 0.29) is 10.5 Å². The van der Waals surface area contributed by atoms with Gasteiger partial charge in [-0.1, -0.05) is 28.1 Å². The highest BCUT2D eigenvalue weighted by Crippen LogP contribution is 2.25. The number of benzene rings is 1. The predicted molar refractivity (Wildman–Crippen MR) is 56.8 cm³/mol. The second kappa shape index (κ2) is 4.30. The van der Waals surface area contributed by atoms with Gasteiger partial charge in [-0.3, -0.25) is 0 Å². The van der Waals surface area contributed by atoms with Crippen LogP contribution in [0.5, 0.6) is 0 Å². The van der Waals surface area contributed by atoms with Crippen molar-refractivity contribution in [2.45, 2.75) is 10.2 Å². The van der Waals surface area contributed by atoms with Crippen LogP contribution in [0, 0.1) is 11.3 Å². The summed E-state index contributed by atoms with van der Waals surface area (Å²) in [6.07, 6.45) is 0. The Morgan fingerprint density at radius 1 is 1.50 bits per heavy atom. The van der Waals surface area contributed by atoms with E-state index in [0.29, 0.717) is 10.9 Å². The Morgan fingerprint density at radius 3 is 2.57 bits per heavy atom. The molecule has 0 bridgehead atoms. The van der Waals surface area contributed by atoms with E-state index in [2.05, 4.69) is 15.9 Å². The molecule has 0 heterocycles. The fraction of sp³-hybridized carbons (Fsp3) is 0.125. The van der Waals surface area contributed by atoms with E-state index in [1.54, 1.807) is 18.2 Å². The SMILES string of the molecule is N#Cc1cccc(CBr)c1S(=O)(=O)Cl. The average Bonchev–Trinajstić information content (AvgIpc) is 2.15. The Kier molecular flexibility index (Phi) is 3.53. The van der Waals surface area contributed by atoms with Gasteiger partial charge in [0, 0.05) is 16.0 Å². The Morgan fingerprint density at radius 2 is 2.14 bits per heavy atom. The lowest BCUT2D eigenvalue weighted by Crippen LogP contribution is -1.99. The van der Waals surface area contributed by atoms with Crippen molar-refractivity contribution in [3.8, 4) is 6.07 Å². The third-order valence-corrected chi connectivity index (χ3v) is 3.64.